The SMILES string of the molecule is CC(C)(C)OC(=O)N1CCN(c2ncnc3c2cnn3-c2ccccc2)CC1. The molecule has 0 unspecified atom stereocenters. The van der Waals surface area contributed by atoms with Crippen molar-refractivity contribution in [2.75, 3.05) is 31.1 Å². The van der Waals surface area contributed by atoms with Crippen LogP contribution in [0.25, 0.3) is 16.7 Å². The molecule has 0 spiro atoms. The van der Waals surface area contributed by atoms with Crippen molar-refractivity contribution in [2.24, 2.45) is 0 Å². The lowest BCUT2D eigenvalue weighted by molar-refractivity contribution is 0.0240. The Morgan fingerprint density at radius 2 is 1.75 bits per heavy atom. The van der Waals surface area contributed by atoms with Gasteiger partial charge in [0, 0.05) is 26.2 Å². The standard InChI is InChI=1S/C20H24N6O2/c1-20(2,3)28-19(27)25-11-9-24(10-12-25)17-16-13-23-26(18(16)22-14-21-17)15-7-5-4-6-8-15/h4-8,13-14H,9-12H2,1-3H3. The molecule has 1 aliphatic heterocycles. The van der Waals surface area contributed by atoms with E-state index in [9.17, 15) is 4.79 Å². The van der Waals surface area contributed by atoms with Crippen molar-refractivity contribution in [1.29, 1.82) is 0 Å². The number of benzene rings is 1. The van der Waals surface area contributed by atoms with Gasteiger partial charge in [0.05, 0.1) is 17.3 Å². The van der Waals surface area contributed by atoms with E-state index in [1.54, 1.807) is 17.4 Å². The summed E-state index contributed by atoms with van der Waals surface area (Å²) < 4.78 is 7.29. The average Bonchev–Trinajstić information content (AvgIpc) is 3.12. The van der Waals surface area contributed by atoms with Crippen molar-refractivity contribution >= 4 is 22.9 Å². The molecule has 146 valence electrons. The molecule has 0 saturated carbocycles. The van der Waals surface area contributed by atoms with Crippen LogP contribution < -0.4 is 4.90 Å². The Hall–Kier alpha value is -3.16. The number of nitrogens with zero attached hydrogens (tertiary/aromatic N) is 6. The van der Waals surface area contributed by atoms with Gasteiger partial charge in [0.25, 0.3) is 0 Å². The fourth-order valence-electron chi connectivity index (χ4n) is 3.27. The van der Waals surface area contributed by atoms with E-state index in [4.69, 9.17) is 4.74 Å². The number of amides is 1. The van der Waals surface area contributed by atoms with E-state index in [0.717, 1.165) is 22.5 Å². The van der Waals surface area contributed by atoms with Gasteiger partial charge in [0.2, 0.25) is 0 Å². The number of piperazine rings is 1. The number of rotatable bonds is 2. The molecule has 0 bridgehead atoms. The molecule has 0 N–H and O–H groups in total. The second kappa shape index (κ2) is 7.10. The summed E-state index contributed by atoms with van der Waals surface area (Å²) in [4.78, 5) is 25.1. The molecule has 1 saturated heterocycles. The van der Waals surface area contributed by atoms with Crippen LogP contribution in [-0.4, -0.2) is 62.5 Å². The van der Waals surface area contributed by atoms with Gasteiger partial charge in [0.15, 0.2) is 5.65 Å². The van der Waals surface area contributed by atoms with Gasteiger partial charge < -0.3 is 14.5 Å². The highest BCUT2D eigenvalue weighted by atomic mass is 16.6. The molecule has 8 heteroatoms. The average molecular weight is 380 g/mol. The number of aromatic nitrogens is 4. The zero-order chi connectivity index (χ0) is 19.7. The van der Waals surface area contributed by atoms with Crippen molar-refractivity contribution in [3.05, 3.63) is 42.9 Å². The van der Waals surface area contributed by atoms with Crippen molar-refractivity contribution in [3.8, 4) is 5.69 Å². The molecule has 3 heterocycles. The highest BCUT2D eigenvalue weighted by Crippen LogP contribution is 2.25. The second-order valence-electron chi connectivity index (χ2n) is 7.78. The largest absolute Gasteiger partial charge is 0.444 e. The predicted molar refractivity (Wildman–Crippen MR) is 107 cm³/mol. The van der Waals surface area contributed by atoms with Gasteiger partial charge in [-0.25, -0.2) is 19.4 Å². The van der Waals surface area contributed by atoms with E-state index in [-0.39, 0.29) is 6.09 Å². The molecule has 0 radical (unpaired) electrons. The molecule has 1 fully saturated rings. The van der Waals surface area contributed by atoms with E-state index in [0.29, 0.717) is 26.2 Å². The molecule has 0 aliphatic carbocycles. The third kappa shape index (κ3) is 3.62. The first-order valence-corrected chi connectivity index (χ1v) is 9.39. The van der Waals surface area contributed by atoms with E-state index in [1.807, 2.05) is 55.8 Å². The maximum absolute atomic E-state index is 12.3. The molecule has 1 amide bonds. The summed E-state index contributed by atoms with van der Waals surface area (Å²) in [5, 5.41) is 5.41. The Balaban J connectivity index is 1.53. The number of para-hydroxylation sites is 1. The molecule has 0 atom stereocenters. The zero-order valence-electron chi connectivity index (χ0n) is 16.4. The summed E-state index contributed by atoms with van der Waals surface area (Å²) in [6.07, 6.45) is 3.11. The summed E-state index contributed by atoms with van der Waals surface area (Å²) >= 11 is 0. The topological polar surface area (TPSA) is 76.4 Å². The summed E-state index contributed by atoms with van der Waals surface area (Å²) in [6, 6.07) is 9.91. The van der Waals surface area contributed by atoms with Crippen LogP contribution in [0.5, 0.6) is 0 Å². The van der Waals surface area contributed by atoms with E-state index in [2.05, 4.69) is 20.0 Å². The third-order valence-electron chi connectivity index (χ3n) is 4.58. The highest BCUT2D eigenvalue weighted by molar-refractivity contribution is 5.87. The van der Waals surface area contributed by atoms with Gasteiger partial charge in [0.1, 0.15) is 17.7 Å². The summed E-state index contributed by atoms with van der Waals surface area (Å²) in [6.45, 7) is 8.18. The first kappa shape index (κ1) is 18.2. The number of fused-ring (bicyclic) bond motifs is 1. The third-order valence-corrected chi connectivity index (χ3v) is 4.58. The minimum Gasteiger partial charge on any atom is -0.444 e. The van der Waals surface area contributed by atoms with Gasteiger partial charge in [-0.15, -0.1) is 0 Å². The Morgan fingerprint density at radius 3 is 2.43 bits per heavy atom. The monoisotopic (exact) mass is 380 g/mol. The summed E-state index contributed by atoms with van der Waals surface area (Å²) in [5.74, 6) is 0.844. The first-order chi connectivity index (χ1) is 13.4. The molecule has 1 aliphatic rings. The van der Waals surface area contributed by atoms with Gasteiger partial charge in [-0.1, -0.05) is 18.2 Å². The van der Waals surface area contributed by atoms with Gasteiger partial charge >= 0.3 is 6.09 Å². The lowest BCUT2D eigenvalue weighted by atomic mass is 10.2. The molecular weight excluding hydrogens is 356 g/mol. The molecular formula is C20H24N6O2. The maximum Gasteiger partial charge on any atom is 0.410 e. The fraction of sp³-hybridized carbons (Fsp3) is 0.400. The quantitative estimate of drug-likeness (QED) is 0.680. The number of hydrogen-bond donors (Lipinski definition) is 0. The highest BCUT2D eigenvalue weighted by Gasteiger charge is 2.27. The molecule has 8 nitrogen and oxygen atoms in total. The van der Waals surface area contributed by atoms with Crippen LogP contribution in [-0.2, 0) is 4.74 Å². The lowest BCUT2D eigenvalue weighted by Gasteiger charge is -2.36. The second-order valence-corrected chi connectivity index (χ2v) is 7.78. The van der Waals surface area contributed by atoms with Gasteiger partial charge in [-0.3, -0.25) is 0 Å². The van der Waals surface area contributed by atoms with Gasteiger partial charge in [-0.2, -0.15) is 5.10 Å². The summed E-state index contributed by atoms with van der Waals surface area (Å²) in [7, 11) is 0. The zero-order valence-corrected chi connectivity index (χ0v) is 16.4. The van der Waals surface area contributed by atoms with Crippen molar-refractivity contribution in [1.82, 2.24) is 24.6 Å². The van der Waals surface area contributed by atoms with Crippen LogP contribution in [0.15, 0.2) is 42.9 Å². The number of anilines is 1. The molecule has 3 aromatic rings. The van der Waals surface area contributed by atoms with E-state index in [1.165, 1.54) is 0 Å². The van der Waals surface area contributed by atoms with Crippen LogP contribution in [0, 0.1) is 0 Å². The van der Waals surface area contributed by atoms with Crippen LogP contribution in [0.1, 0.15) is 20.8 Å². The van der Waals surface area contributed by atoms with Gasteiger partial charge in [-0.05, 0) is 32.9 Å². The summed E-state index contributed by atoms with van der Waals surface area (Å²) in [5.41, 5.74) is 1.24. The number of hydrogen-bond acceptors (Lipinski definition) is 6. The van der Waals surface area contributed by atoms with Crippen LogP contribution >= 0.6 is 0 Å². The lowest BCUT2D eigenvalue weighted by Crippen LogP contribution is -2.50. The van der Waals surface area contributed by atoms with Crippen molar-refractivity contribution < 1.29 is 9.53 Å². The van der Waals surface area contributed by atoms with E-state index >= 15 is 0 Å². The van der Waals surface area contributed by atoms with E-state index < -0.39 is 5.60 Å². The smallest absolute Gasteiger partial charge is 0.410 e. The molecule has 2 aromatic heterocycles. The minimum atomic E-state index is -0.487. The van der Waals surface area contributed by atoms with Crippen LogP contribution in [0.3, 0.4) is 0 Å². The van der Waals surface area contributed by atoms with Crippen LogP contribution in [0.4, 0.5) is 10.6 Å². The fourth-order valence-corrected chi connectivity index (χ4v) is 3.27. The Kier molecular flexibility index (Phi) is 4.62. The predicted octanol–water partition coefficient (Wildman–Crippen LogP) is 2.87. The number of carbonyl (C=O) groups excluding carboxylic acids is 1. The first-order valence-electron chi connectivity index (χ1n) is 9.39. The maximum atomic E-state index is 12.3. The Bertz CT molecular complexity index is 971. The normalized spacial score (nSPS) is 15.1. The minimum absolute atomic E-state index is 0.267. The van der Waals surface area contributed by atoms with Crippen molar-refractivity contribution in [3.63, 3.8) is 0 Å². The molecule has 28 heavy (non-hydrogen) atoms. The van der Waals surface area contributed by atoms with Crippen LogP contribution in [0.2, 0.25) is 0 Å². The Labute approximate surface area is 163 Å². The van der Waals surface area contributed by atoms with Crippen molar-refractivity contribution in [2.45, 2.75) is 26.4 Å². The Morgan fingerprint density at radius 1 is 1.04 bits per heavy atom. The molecule has 4 rings (SSSR count). The number of carbonyl (C=O) groups is 1. The molecule has 1 aromatic carbocycles. The number of ether oxygens (including phenoxy) is 1.